The van der Waals surface area contributed by atoms with Crippen molar-refractivity contribution in [3.63, 3.8) is 0 Å². The van der Waals surface area contributed by atoms with Crippen molar-refractivity contribution in [2.45, 2.75) is 12.5 Å². The SMILES string of the molecule is CSCC[C@H](C(=O)O)N1C(=O)/C(=C\c2cccc([N+](=O)[O-])c2)SC1=S. The summed E-state index contributed by atoms with van der Waals surface area (Å²) in [6, 6.07) is 4.82. The van der Waals surface area contributed by atoms with Crippen molar-refractivity contribution in [3.05, 3.63) is 44.8 Å². The van der Waals surface area contributed by atoms with E-state index >= 15 is 0 Å². The quantitative estimate of drug-likeness (QED) is 0.324. The number of carboxylic acids is 1. The number of hydrogen-bond acceptors (Lipinski definition) is 7. The number of thiocarbonyl (C=S) groups is 1. The summed E-state index contributed by atoms with van der Waals surface area (Å²) in [4.78, 5) is 35.8. The maximum absolute atomic E-state index is 12.6. The van der Waals surface area contributed by atoms with E-state index in [1.807, 2.05) is 6.26 Å². The molecule has 1 aliphatic rings. The van der Waals surface area contributed by atoms with Gasteiger partial charge in [0.25, 0.3) is 11.6 Å². The van der Waals surface area contributed by atoms with E-state index in [1.165, 1.54) is 36.0 Å². The topological polar surface area (TPSA) is 101 Å². The number of nitrogens with zero attached hydrogens (tertiary/aromatic N) is 2. The van der Waals surface area contributed by atoms with Gasteiger partial charge < -0.3 is 5.11 Å². The zero-order valence-electron chi connectivity index (χ0n) is 13.1. The Bertz CT molecular complexity index is 765. The Morgan fingerprint density at radius 2 is 2.28 bits per heavy atom. The molecule has 0 bridgehead atoms. The van der Waals surface area contributed by atoms with Crippen molar-refractivity contribution >= 4 is 63.7 Å². The van der Waals surface area contributed by atoms with Crippen LogP contribution in [0, 0.1) is 10.1 Å². The molecule has 1 fully saturated rings. The number of carbonyl (C=O) groups is 2. The van der Waals surface area contributed by atoms with Crippen molar-refractivity contribution in [3.8, 4) is 0 Å². The van der Waals surface area contributed by atoms with Crippen LogP contribution in [0.5, 0.6) is 0 Å². The van der Waals surface area contributed by atoms with Crippen molar-refractivity contribution < 1.29 is 19.6 Å². The monoisotopic (exact) mass is 398 g/mol. The number of amides is 1. The van der Waals surface area contributed by atoms with Crippen molar-refractivity contribution in [2.75, 3.05) is 12.0 Å². The highest BCUT2D eigenvalue weighted by atomic mass is 32.2. The molecule has 132 valence electrons. The number of rotatable bonds is 7. The molecular formula is C15H14N2O5S3. The lowest BCUT2D eigenvalue weighted by Crippen LogP contribution is -2.44. The number of non-ortho nitro benzene ring substituents is 1. The van der Waals surface area contributed by atoms with Gasteiger partial charge >= 0.3 is 5.97 Å². The standard InChI is InChI=1S/C15H14N2O5S3/c1-24-6-5-11(14(19)20)16-13(18)12(25-15(16)23)8-9-3-2-4-10(7-9)17(21)22/h2-4,7-8,11H,5-6H2,1H3,(H,19,20)/b12-8+/t11-/m1/s1. The summed E-state index contributed by atoms with van der Waals surface area (Å²) >= 11 is 7.66. The van der Waals surface area contributed by atoms with Gasteiger partial charge in [-0.2, -0.15) is 11.8 Å². The van der Waals surface area contributed by atoms with Crippen LogP contribution >= 0.6 is 35.7 Å². The third kappa shape index (κ3) is 4.59. The van der Waals surface area contributed by atoms with Gasteiger partial charge in [-0.1, -0.05) is 36.1 Å². The predicted octanol–water partition coefficient (Wildman–Crippen LogP) is 3.00. The summed E-state index contributed by atoms with van der Waals surface area (Å²) in [5.41, 5.74) is 0.387. The Labute approximate surface area is 157 Å². The van der Waals surface area contributed by atoms with Crippen LogP contribution < -0.4 is 0 Å². The molecule has 10 heteroatoms. The smallest absolute Gasteiger partial charge is 0.326 e. The first kappa shape index (κ1) is 19.4. The first-order valence-corrected chi connectivity index (χ1v) is 9.70. The minimum absolute atomic E-state index is 0.0902. The van der Waals surface area contributed by atoms with Gasteiger partial charge in [-0.25, -0.2) is 4.79 Å². The fraction of sp³-hybridized carbons (Fsp3) is 0.267. The molecule has 1 amide bonds. The van der Waals surface area contributed by atoms with Crippen molar-refractivity contribution in [1.29, 1.82) is 0 Å². The highest BCUT2D eigenvalue weighted by Gasteiger charge is 2.40. The highest BCUT2D eigenvalue weighted by Crippen LogP contribution is 2.35. The third-order valence-corrected chi connectivity index (χ3v) is 5.37. The molecule has 1 aliphatic heterocycles. The van der Waals surface area contributed by atoms with Crippen LogP contribution in [0.2, 0.25) is 0 Å². The molecule has 1 aromatic rings. The van der Waals surface area contributed by atoms with Gasteiger partial charge in [0.1, 0.15) is 10.4 Å². The van der Waals surface area contributed by atoms with E-state index in [0.717, 1.165) is 16.7 Å². The minimum atomic E-state index is -1.11. The van der Waals surface area contributed by atoms with E-state index in [2.05, 4.69) is 0 Å². The fourth-order valence-corrected chi connectivity index (χ4v) is 4.04. The third-order valence-electron chi connectivity index (χ3n) is 3.39. The molecule has 0 spiro atoms. The molecule has 0 saturated carbocycles. The van der Waals surface area contributed by atoms with Gasteiger partial charge in [0.2, 0.25) is 0 Å². The molecule has 0 radical (unpaired) electrons. The number of benzene rings is 1. The molecule has 7 nitrogen and oxygen atoms in total. The van der Waals surface area contributed by atoms with Crippen LogP contribution in [-0.2, 0) is 9.59 Å². The van der Waals surface area contributed by atoms with E-state index in [-0.39, 0.29) is 21.3 Å². The molecule has 1 atom stereocenters. The number of aliphatic carboxylic acids is 1. The predicted molar refractivity (Wildman–Crippen MR) is 103 cm³/mol. The first-order valence-electron chi connectivity index (χ1n) is 7.08. The second-order valence-corrected chi connectivity index (χ2v) is 7.70. The summed E-state index contributed by atoms with van der Waals surface area (Å²) < 4.78 is 0.176. The largest absolute Gasteiger partial charge is 0.480 e. The molecule has 0 aromatic heterocycles. The highest BCUT2D eigenvalue weighted by molar-refractivity contribution is 8.26. The molecule has 25 heavy (non-hydrogen) atoms. The van der Waals surface area contributed by atoms with E-state index in [1.54, 1.807) is 6.07 Å². The number of thioether (sulfide) groups is 2. The van der Waals surface area contributed by atoms with Gasteiger partial charge in [0, 0.05) is 12.1 Å². The lowest BCUT2D eigenvalue weighted by molar-refractivity contribution is -0.384. The Hall–Kier alpha value is -1.91. The van der Waals surface area contributed by atoms with Gasteiger partial charge in [-0.15, -0.1) is 0 Å². The van der Waals surface area contributed by atoms with E-state index in [9.17, 15) is 24.8 Å². The maximum atomic E-state index is 12.6. The average molecular weight is 398 g/mol. The lowest BCUT2D eigenvalue weighted by Gasteiger charge is -2.22. The summed E-state index contributed by atoms with van der Waals surface area (Å²) in [5.74, 6) is -1.02. The molecule has 1 aromatic carbocycles. The Morgan fingerprint density at radius 3 is 2.88 bits per heavy atom. The number of carbonyl (C=O) groups excluding carboxylic acids is 1. The van der Waals surface area contributed by atoms with Crippen LogP contribution in [0.25, 0.3) is 6.08 Å². The van der Waals surface area contributed by atoms with Crippen molar-refractivity contribution in [2.24, 2.45) is 0 Å². The second-order valence-electron chi connectivity index (χ2n) is 5.04. The first-order chi connectivity index (χ1) is 11.8. The molecule has 0 aliphatic carbocycles. The van der Waals surface area contributed by atoms with Crippen LogP contribution in [-0.4, -0.2) is 49.2 Å². The zero-order chi connectivity index (χ0) is 18.6. The second kappa shape index (κ2) is 8.45. The van der Waals surface area contributed by atoms with Gasteiger partial charge in [-0.05, 0) is 30.1 Å². The molecule has 1 N–H and O–H groups in total. The molecule has 1 heterocycles. The van der Waals surface area contributed by atoms with Crippen LogP contribution in [0.15, 0.2) is 29.2 Å². The summed E-state index contributed by atoms with van der Waals surface area (Å²) in [5, 5.41) is 20.2. The number of hydrogen-bond donors (Lipinski definition) is 1. The van der Waals surface area contributed by atoms with Crippen LogP contribution in [0.1, 0.15) is 12.0 Å². The maximum Gasteiger partial charge on any atom is 0.326 e. The van der Waals surface area contributed by atoms with Gasteiger partial charge in [-0.3, -0.25) is 19.8 Å². The Kier molecular flexibility index (Phi) is 6.57. The summed E-state index contributed by atoms with van der Waals surface area (Å²) in [6.45, 7) is 0. The van der Waals surface area contributed by atoms with Crippen LogP contribution in [0.4, 0.5) is 5.69 Å². The zero-order valence-corrected chi connectivity index (χ0v) is 15.5. The minimum Gasteiger partial charge on any atom is -0.480 e. The summed E-state index contributed by atoms with van der Waals surface area (Å²) in [7, 11) is 0. The molecule has 2 rings (SSSR count). The Morgan fingerprint density at radius 1 is 1.56 bits per heavy atom. The summed E-state index contributed by atoms with van der Waals surface area (Å²) in [6.07, 6.45) is 3.62. The number of carboxylic acid groups (broad SMARTS) is 1. The van der Waals surface area contributed by atoms with Crippen LogP contribution in [0.3, 0.4) is 0 Å². The fourth-order valence-electron chi connectivity index (χ4n) is 2.22. The van der Waals surface area contributed by atoms with E-state index in [4.69, 9.17) is 12.2 Å². The number of nitro benzene ring substituents is 1. The number of nitro groups is 1. The van der Waals surface area contributed by atoms with Gasteiger partial charge in [0.15, 0.2) is 0 Å². The molecular weight excluding hydrogens is 384 g/mol. The van der Waals surface area contributed by atoms with Crippen molar-refractivity contribution in [1.82, 2.24) is 4.90 Å². The van der Waals surface area contributed by atoms with Gasteiger partial charge in [0.05, 0.1) is 9.83 Å². The normalized spacial score (nSPS) is 17.2. The average Bonchev–Trinajstić information content (AvgIpc) is 2.83. The Balaban J connectivity index is 2.29. The lowest BCUT2D eigenvalue weighted by atomic mass is 10.1. The molecule has 1 saturated heterocycles. The molecule has 0 unspecified atom stereocenters. The van der Waals surface area contributed by atoms with E-state index in [0.29, 0.717) is 11.3 Å². The van der Waals surface area contributed by atoms with E-state index < -0.39 is 22.8 Å².